The molecule has 4 rings (SSSR count). The van der Waals surface area contributed by atoms with Gasteiger partial charge in [-0.1, -0.05) is 19.8 Å². The van der Waals surface area contributed by atoms with Gasteiger partial charge in [0.1, 0.15) is 10.7 Å². The molecule has 0 radical (unpaired) electrons. The Bertz CT molecular complexity index is 728. The molecule has 3 heterocycles. The smallest absolute Gasteiger partial charge is 0.244 e. The van der Waals surface area contributed by atoms with E-state index in [1.807, 2.05) is 13.1 Å². The summed E-state index contributed by atoms with van der Waals surface area (Å²) in [5.41, 5.74) is 0. The minimum absolute atomic E-state index is 0.318. The lowest BCUT2D eigenvalue weighted by molar-refractivity contribution is 0.222. The second-order valence-corrected chi connectivity index (χ2v) is 10.1. The molecule has 1 aliphatic carbocycles. The van der Waals surface area contributed by atoms with Crippen LogP contribution in [0.4, 0.5) is 5.82 Å². The van der Waals surface area contributed by atoms with Gasteiger partial charge in [-0.15, -0.1) is 0 Å². The van der Waals surface area contributed by atoms with Crippen molar-refractivity contribution >= 4 is 15.8 Å². The zero-order chi connectivity index (χ0) is 18.3. The molecule has 0 aromatic carbocycles. The molecule has 1 saturated carbocycles. The zero-order valence-corrected chi connectivity index (χ0v) is 16.7. The fraction of sp³-hybridized carbons (Fsp3) is 0.737. The molecule has 3 unspecified atom stereocenters. The average molecular weight is 379 g/mol. The summed E-state index contributed by atoms with van der Waals surface area (Å²) in [6.07, 6.45) is 6.75. The molecule has 1 aromatic rings. The molecule has 144 valence electrons. The SMILES string of the molecule is CC1CN(c2ccc(S(=O)(=O)N3CCN(C)CC3)cn2)C2CCCCC12. The summed E-state index contributed by atoms with van der Waals surface area (Å²) in [7, 11) is -1.41. The Morgan fingerprint density at radius 2 is 1.81 bits per heavy atom. The number of nitrogens with zero attached hydrogens (tertiary/aromatic N) is 4. The second-order valence-electron chi connectivity index (χ2n) is 8.20. The van der Waals surface area contributed by atoms with Gasteiger partial charge in [-0.3, -0.25) is 0 Å². The van der Waals surface area contributed by atoms with Gasteiger partial charge in [-0.05, 0) is 43.9 Å². The molecule has 26 heavy (non-hydrogen) atoms. The maximum atomic E-state index is 12.9. The van der Waals surface area contributed by atoms with E-state index in [2.05, 4.69) is 21.7 Å². The molecule has 0 N–H and O–H groups in total. The molecule has 1 aromatic heterocycles. The highest BCUT2D eigenvalue weighted by Gasteiger charge is 2.41. The first-order chi connectivity index (χ1) is 12.5. The third-order valence-corrected chi connectivity index (χ3v) is 8.39. The zero-order valence-electron chi connectivity index (χ0n) is 15.8. The van der Waals surface area contributed by atoms with Crippen molar-refractivity contribution in [3.63, 3.8) is 0 Å². The van der Waals surface area contributed by atoms with E-state index in [4.69, 9.17) is 0 Å². The maximum absolute atomic E-state index is 12.9. The number of piperazine rings is 1. The Hall–Kier alpha value is -1.18. The van der Waals surface area contributed by atoms with Gasteiger partial charge in [-0.2, -0.15) is 4.31 Å². The fourth-order valence-electron chi connectivity index (χ4n) is 4.91. The average Bonchev–Trinajstić information content (AvgIpc) is 2.99. The van der Waals surface area contributed by atoms with Crippen molar-refractivity contribution in [1.82, 2.24) is 14.2 Å². The standard InChI is InChI=1S/C19H30N4O2S/c1-15-14-23(18-6-4-3-5-17(15)18)19-8-7-16(13-20-19)26(24,25)22-11-9-21(2)10-12-22/h7-8,13,15,17-18H,3-6,9-12,14H2,1-2H3. The molecular weight excluding hydrogens is 348 g/mol. The van der Waals surface area contributed by atoms with E-state index < -0.39 is 10.0 Å². The van der Waals surface area contributed by atoms with Crippen molar-refractivity contribution < 1.29 is 8.42 Å². The number of pyridine rings is 1. The Balaban J connectivity index is 1.52. The molecular formula is C19H30N4O2S. The molecule has 3 fully saturated rings. The van der Waals surface area contributed by atoms with E-state index in [0.717, 1.165) is 31.4 Å². The summed E-state index contributed by atoms with van der Waals surface area (Å²) in [6, 6.07) is 4.23. The van der Waals surface area contributed by atoms with Gasteiger partial charge in [0, 0.05) is 45.0 Å². The molecule has 7 heteroatoms. The molecule has 3 atom stereocenters. The normalized spacial score (nSPS) is 31.2. The minimum atomic E-state index is -3.43. The Morgan fingerprint density at radius 3 is 2.50 bits per heavy atom. The number of anilines is 1. The Morgan fingerprint density at radius 1 is 1.08 bits per heavy atom. The number of likely N-dealkylation sites (N-methyl/N-ethyl adjacent to an activating group) is 1. The monoisotopic (exact) mass is 378 g/mol. The third kappa shape index (κ3) is 3.25. The first-order valence-corrected chi connectivity index (χ1v) is 11.3. The van der Waals surface area contributed by atoms with Gasteiger partial charge in [0.25, 0.3) is 0 Å². The van der Waals surface area contributed by atoms with E-state index in [9.17, 15) is 8.42 Å². The van der Waals surface area contributed by atoms with Gasteiger partial charge in [0.2, 0.25) is 10.0 Å². The topological polar surface area (TPSA) is 56.8 Å². The first kappa shape index (κ1) is 18.2. The molecule has 0 spiro atoms. The second kappa shape index (κ2) is 7.09. The van der Waals surface area contributed by atoms with Crippen LogP contribution in [0.25, 0.3) is 0 Å². The van der Waals surface area contributed by atoms with Crippen LogP contribution in [-0.4, -0.2) is 68.4 Å². The van der Waals surface area contributed by atoms with Crippen LogP contribution in [0.3, 0.4) is 0 Å². The Labute approximate surface area is 157 Å². The predicted octanol–water partition coefficient (Wildman–Crippen LogP) is 2.03. The van der Waals surface area contributed by atoms with Crippen LogP contribution in [0.15, 0.2) is 23.2 Å². The van der Waals surface area contributed by atoms with Gasteiger partial charge in [0.15, 0.2) is 0 Å². The lowest BCUT2D eigenvalue weighted by Gasteiger charge is -2.33. The van der Waals surface area contributed by atoms with E-state index in [0.29, 0.717) is 29.9 Å². The van der Waals surface area contributed by atoms with Gasteiger partial charge < -0.3 is 9.80 Å². The van der Waals surface area contributed by atoms with Gasteiger partial charge >= 0.3 is 0 Å². The summed E-state index contributed by atoms with van der Waals surface area (Å²) in [4.78, 5) is 9.46. The van der Waals surface area contributed by atoms with Gasteiger partial charge in [0.05, 0.1) is 0 Å². The van der Waals surface area contributed by atoms with Crippen LogP contribution < -0.4 is 4.90 Å². The molecule has 6 nitrogen and oxygen atoms in total. The third-order valence-electron chi connectivity index (χ3n) is 6.51. The van der Waals surface area contributed by atoms with Crippen LogP contribution in [0, 0.1) is 11.8 Å². The highest BCUT2D eigenvalue weighted by molar-refractivity contribution is 7.89. The Kier molecular flexibility index (Phi) is 4.96. The number of hydrogen-bond donors (Lipinski definition) is 0. The van der Waals surface area contributed by atoms with E-state index in [1.54, 1.807) is 16.6 Å². The summed E-state index contributed by atoms with van der Waals surface area (Å²) in [5, 5.41) is 0. The summed E-state index contributed by atoms with van der Waals surface area (Å²) < 4.78 is 27.3. The minimum Gasteiger partial charge on any atom is -0.353 e. The van der Waals surface area contributed by atoms with Gasteiger partial charge in [-0.25, -0.2) is 13.4 Å². The molecule has 2 aliphatic heterocycles. The number of fused-ring (bicyclic) bond motifs is 1. The lowest BCUT2D eigenvalue weighted by atomic mass is 9.80. The van der Waals surface area contributed by atoms with Crippen molar-refractivity contribution in [1.29, 1.82) is 0 Å². The van der Waals surface area contributed by atoms with E-state index >= 15 is 0 Å². The largest absolute Gasteiger partial charge is 0.353 e. The van der Waals surface area contributed by atoms with Crippen LogP contribution in [0.1, 0.15) is 32.6 Å². The van der Waals surface area contributed by atoms with E-state index in [-0.39, 0.29) is 0 Å². The first-order valence-electron chi connectivity index (χ1n) is 9.88. The van der Waals surface area contributed by atoms with Crippen LogP contribution in [0.2, 0.25) is 0 Å². The summed E-state index contributed by atoms with van der Waals surface area (Å²) in [5.74, 6) is 2.39. The molecule has 0 bridgehead atoms. The molecule has 3 aliphatic rings. The van der Waals surface area contributed by atoms with Crippen molar-refractivity contribution in [3.8, 4) is 0 Å². The lowest BCUT2D eigenvalue weighted by Crippen LogP contribution is -2.47. The maximum Gasteiger partial charge on any atom is 0.244 e. The predicted molar refractivity (Wildman–Crippen MR) is 103 cm³/mol. The van der Waals surface area contributed by atoms with Crippen molar-refractivity contribution in [2.75, 3.05) is 44.7 Å². The van der Waals surface area contributed by atoms with Crippen molar-refractivity contribution in [3.05, 3.63) is 18.3 Å². The molecule has 0 amide bonds. The van der Waals surface area contributed by atoms with E-state index in [1.165, 1.54) is 25.7 Å². The van der Waals surface area contributed by atoms with Crippen molar-refractivity contribution in [2.24, 2.45) is 11.8 Å². The summed E-state index contributed by atoms with van der Waals surface area (Å²) >= 11 is 0. The highest BCUT2D eigenvalue weighted by atomic mass is 32.2. The van der Waals surface area contributed by atoms with Crippen molar-refractivity contribution in [2.45, 2.75) is 43.5 Å². The van der Waals surface area contributed by atoms with Crippen LogP contribution in [0.5, 0.6) is 0 Å². The number of rotatable bonds is 3. The highest BCUT2D eigenvalue weighted by Crippen LogP contribution is 2.41. The number of sulfonamides is 1. The fourth-order valence-corrected chi connectivity index (χ4v) is 6.28. The quantitative estimate of drug-likeness (QED) is 0.806. The molecule has 2 saturated heterocycles. The number of aromatic nitrogens is 1. The van der Waals surface area contributed by atoms with Crippen LogP contribution >= 0.6 is 0 Å². The number of hydrogen-bond acceptors (Lipinski definition) is 5. The van der Waals surface area contributed by atoms with Crippen LogP contribution in [-0.2, 0) is 10.0 Å². The summed E-state index contributed by atoms with van der Waals surface area (Å²) in [6.45, 7) is 6.03.